The Morgan fingerprint density at radius 3 is 2.43 bits per heavy atom. The standard InChI is InChI=1S/C3H4N2O.H3N/c6-5-3-1-2-4-5;/h1-3,6H;1H3. The summed E-state index contributed by atoms with van der Waals surface area (Å²) in [5, 5.41) is 11.7. The zero-order valence-electron chi connectivity index (χ0n) is 3.78. The van der Waals surface area contributed by atoms with Gasteiger partial charge in [0.25, 0.3) is 0 Å². The highest BCUT2D eigenvalue weighted by molar-refractivity contribution is 4.74. The van der Waals surface area contributed by atoms with E-state index < -0.39 is 0 Å². The largest absolute Gasteiger partial charge is 0.412 e. The van der Waals surface area contributed by atoms with E-state index in [2.05, 4.69) is 5.10 Å². The molecule has 1 rings (SSSR count). The lowest BCUT2D eigenvalue weighted by atomic mass is 10.8. The summed E-state index contributed by atoms with van der Waals surface area (Å²) in [6, 6.07) is 1.64. The van der Waals surface area contributed by atoms with Crippen LogP contribution < -0.4 is 6.15 Å². The highest BCUT2D eigenvalue weighted by Crippen LogP contribution is 1.72. The predicted octanol–water partition coefficient (Wildman–Crippen LogP) is 0.282. The van der Waals surface area contributed by atoms with Crippen LogP contribution in [0.1, 0.15) is 0 Å². The van der Waals surface area contributed by atoms with E-state index in [-0.39, 0.29) is 6.15 Å². The third-order valence-electron chi connectivity index (χ3n) is 0.490. The van der Waals surface area contributed by atoms with E-state index in [4.69, 9.17) is 5.21 Å². The van der Waals surface area contributed by atoms with E-state index in [9.17, 15) is 0 Å². The minimum Gasteiger partial charge on any atom is -0.412 e. The first kappa shape index (κ1) is 5.97. The second-order valence-electron chi connectivity index (χ2n) is 0.926. The smallest absolute Gasteiger partial charge is 0.0664 e. The Labute approximate surface area is 40.9 Å². The number of hydrogen-bond acceptors (Lipinski definition) is 3. The van der Waals surface area contributed by atoms with Gasteiger partial charge < -0.3 is 11.4 Å². The Balaban J connectivity index is 0.000000360. The second-order valence-corrected chi connectivity index (χ2v) is 0.926. The molecule has 1 aromatic rings. The van der Waals surface area contributed by atoms with Gasteiger partial charge in [-0.25, -0.2) is 0 Å². The maximum atomic E-state index is 8.28. The van der Waals surface area contributed by atoms with Crippen molar-refractivity contribution in [3.63, 3.8) is 0 Å². The molecule has 0 aliphatic carbocycles. The minimum absolute atomic E-state index is 0. The number of rotatable bonds is 0. The minimum atomic E-state index is 0. The molecule has 7 heavy (non-hydrogen) atoms. The molecule has 0 atom stereocenters. The quantitative estimate of drug-likeness (QED) is 0.461. The molecule has 0 aliphatic heterocycles. The van der Waals surface area contributed by atoms with E-state index in [1.165, 1.54) is 12.4 Å². The Kier molecular flexibility index (Phi) is 1.87. The molecule has 0 unspecified atom stereocenters. The van der Waals surface area contributed by atoms with Crippen molar-refractivity contribution in [3.05, 3.63) is 18.5 Å². The van der Waals surface area contributed by atoms with Crippen LogP contribution in [-0.2, 0) is 0 Å². The second kappa shape index (κ2) is 2.20. The fourth-order valence-electron chi connectivity index (χ4n) is 0.261. The predicted molar refractivity (Wildman–Crippen MR) is 24.4 cm³/mol. The van der Waals surface area contributed by atoms with Gasteiger partial charge in [0.2, 0.25) is 0 Å². The SMILES string of the molecule is N.On1cccn1. The summed E-state index contributed by atoms with van der Waals surface area (Å²) in [7, 11) is 0. The summed E-state index contributed by atoms with van der Waals surface area (Å²) in [5.74, 6) is 0. The van der Waals surface area contributed by atoms with Crippen LogP contribution in [0.5, 0.6) is 0 Å². The van der Waals surface area contributed by atoms with E-state index >= 15 is 0 Å². The van der Waals surface area contributed by atoms with E-state index in [1.54, 1.807) is 6.07 Å². The van der Waals surface area contributed by atoms with E-state index in [0.29, 0.717) is 0 Å². The Bertz CT molecular complexity index is 114. The maximum absolute atomic E-state index is 8.28. The van der Waals surface area contributed by atoms with Gasteiger partial charge in [0.1, 0.15) is 0 Å². The van der Waals surface area contributed by atoms with Crippen LogP contribution >= 0.6 is 0 Å². The zero-order valence-corrected chi connectivity index (χ0v) is 3.78. The van der Waals surface area contributed by atoms with Crippen LogP contribution in [0.4, 0.5) is 0 Å². The third-order valence-corrected chi connectivity index (χ3v) is 0.490. The molecule has 40 valence electrons. The Morgan fingerprint density at radius 1 is 1.57 bits per heavy atom. The molecule has 4 heteroatoms. The molecule has 0 radical (unpaired) electrons. The van der Waals surface area contributed by atoms with Crippen molar-refractivity contribution in [2.24, 2.45) is 0 Å². The molecule has 0 amide bonds. The Morgan fingerprint density at radius 2 is 2.29 bits per heavy atom. The molecular weight excluding hydrogens is 94.1 g/mol. The zero-order chi connectivity index (χ0) is 4.41. The van der Waals surface area contributed by atoms with Gasteiger partial charge in [-0.15, -0.1) is 9.94 Å². The monoisotopic (exact) mass is 101 g/mol. The van der Waals surface area contributed by atoms with Crippen molar-refractivity contribution in [2.45, 2.75) is 0 Å². The lowest BCUT2D eigenvalue weighted by molar-refractivity contribution is 0.149. The van der Waals surface area contributed by atoms with Gasteiger partial charge in [-0.1, -0.05) is 0 Å². The van der Waals surface area contributed by atoms with Crippen LogP contribution in [0.15, 0.2) is 18.5 Å². The fraction of sp³-hybridized carbons (Fsp3) is 0. The average Bonchev–Trinajstić information content (AvgIpc) is 1.86. The molecule has 0 saturated carbocycles. The van der Waals surface area contributed by atoms with Crippen molar-refractivity contribution in [1.82, 2.24) is 16.1 Å². The first-order chi connectivity index (χ1) is 2.89. The maximum Gasteiger partial charge on any atom is 0.0664 e. The summed E-state index contributed by atoms with van der Waals surface area (Å²) >= 11 is 0. The van der Waals surface area contributed by atoms with Crippen molar-refractivity contribution in [3.8, 4) is 0 Å². The fourth-order valence-corrected chi connectivity index (χ4v) is 0.261. The summed E-state index contributed by atoms with van der Waals surface area (Å²) in [6.07, 6.45) is 2.94. The van der Waals surface area contributed by atoms with Crippen molar-refractivity contribution >= 4 is 0 Å². The van der Waals surface area contributed by atoms with Gasteiger partial charge in [-0.3, -0.25) is 0 Å². The third kappa shape index (κ3) is 1.23. The van der Waals surface area contributed by atoms with E-state index in [1.807, 2.05) is 0 Å². The van der Waals surface area contributed by atoms with Gasteiger partial charge in [-0.2, -0.15) is 0 Å². The lowest BCUT2D eigenvalue weighted by Gasteiger charge is -1.76. The van der Waals surface area contributed by atoms with E-state index in [0.717, 1.165) is 4.85 Å². The molecule has 1 aromatic heterocycles. The van der Waals surface area contributed by atoms with Crippen LogP contribution in [-0.4, -0.2) is 15.2 Å². The van der Waals surface area contributed by atoms with Gasteiger partial charge in [0.15, 0.2) is 0 Å². The molecular formula is C3H7N3O. The van der Waals surface area contributed by atoms with Gasteiger partial charge in [0, 0.05) is 0 Å². The number of hydrogen-bond donors (Lipinski definition) is 2. The molecule has 4 nitrogen and oxygen atoms in total. The van der Waals surface area contributed by atoms with Gasteiger partial charge >= 0.3 is 0 Å². The number of aromatic nitrogens is 2. The highest BCUT2D eigenvalue weighted by atomic mass is 16.5. The van der Waals surface area contributed by atoms with Crippen LogP contribution in [0.25, 0.3) is 0 Å². The normalized spacial score (nSPS) is 7.43. The van der Waals surface area contributed by atoms with Gasteiger partial charge in [-0.05, 0) is 6.07 Å². The molecule has 0 bridgehead atoms. The summed E-state index contributed by atoms with van der Waals surface area (Å²) in [4.78, 5) is 0.750. The van der Waals surface area contributed by atoms with Crippen LogP contribution in [0.2, 0.25) is 0 Å². The van der Waals surface area contributed by atoms with Crippen LogP contribution in [0.3, 0.4) is 0 Å². The topological polar surface area (TPSA) is 73.1 Å². The number of nitrogens with zero attached hydrogens (tertiary/aromatic N) is 2. The molecule has 0 spiro atoms. The molecule has 0 aromatic carbocycles. The van der Waals surface area contributed by atoms with Crippen molar-refractivity contribution in [2.75, 3.05) is 0 Å². The highest BCUT2D eigenvalue weighted by Gasteiger charge is 1.71. The Hall–Kier alpha value is -1.03. The summed E-state index contributed by atoms with van der Waals surface area (Å²) < 4.78 is 0. The van der Waals surface area contributed by atoms with Crippen LogP contribution in [0, 0.1) is 0 Å². The average molecular weight is 101 g/mol. The van der Waals surface area contributed by atoms with Gasteiger partial charge in [0.05, 0.1) is 12.4 Å². The molecule has 1 heterocycles. The molecule has 0 saturated heterocycles. The summed E-state index contributed by atoms with van der Waals surface area (Å²) in [6.45, 7) is 0. The molecule has 0 fully saturated rings. The van der Waals surface area contributed by atoms with Crippen molar-refractivity contribution in [1.29, 1.82) is 0 Å². The molecule has 4 N–H and O–H groups in total. The lowest BCUT2D eigenvalue weighted by Crippen LogP contribution is -1.86. The first-order valence-electron chi connectivity index (χ1n) is 1.58. The first-order valence-corrected chi connectivity index (χ1v) is 1.58. The summed E-state index contributed by atoms with van der Waals surface area (Å²) in [5.41, 5.74) is 0. The van der Waals surface area contributed by atoms with Crippen molar-refractivity contribution < 1.29 is 5.21 Å². The molecule has 0 aliphatic rings.